The van der Waals surface area contributed by atoms with Gasteiger partial charge in [0.2, 0.25) is 0 Å². The standard InChI is InChI=1S/C14H16F2N2O3/c15-10-2-3-11(16)9(6-10)7-17-13(21)18-8-14(12(19)20)4-1-5-14/h2-3,6H,1,4-5,7-8H2,(H,19,20)(H2,17,18,21). The molecule has 0 atom stereocenters. The molecular formula is C14H16F2N2O3. The van der Waals surface area contributed by atoms with Crippen LogP contribution in [0.5, 0.6) is 0 Å². The molecule has 1 fully saturated rings. The second kappa shape index (κ2) is 6.07. The van der Waals surface area contributed by atoms with E-state index in [2.05, 4.69) is 10.6 Å². The van der Waals surface area contributed by atoms with Crippen molar-refractivity contribution >= 4 is 12.0 Å². The highest BCUT2D eigenvalue weighted by Gasteiger charge is 2.44. The third-order valence-corrected chi connectivity index (χ3v) is 3.80. The topological polar surface area (TPSA) is 78.4 Å². The van der Waals surface area contributed by atoms with E-state index in [1.165, 1.54) is 0 Å². The van der Waals surface area contributed by atoms with E-state index in [9.17, 15) is 18.4 Å². The Bertz CT molecular complexity index is 559. The molecule has 1 aliphatic rings. The zero-order valence-electron chi connectivity index (χ0n) is 11.3. The fourth-order valence-electron chi connectivity index (χ4n) is 2.24. The van der Waals surface area contributed by atoms with Crippen molar-refractivity contribution in [1.29, 1.82) is 0 Å². The van der Waals surface area contributed by atoms with Crippen LogP contribution in [-0.2, 0) is 11.3 Å². The number of carbonyl (C=O) groups excluding carboxylic acids is 1. The van der Waals surface area contributed by atoms with Crippen molar-refractivity contribution in [3.05, 3.63) is 35.4 Å². The summed E-state index contributed by atoms with van der Waals surface area (Å²) in [5.41, 5.74) is -0.858. The van der Waals surface area contributed by atoms with Gasteiger partial charge < -0.3 is 15.7 Å². The smallest absolute Gasteiger partial charge is 0.315 e. The van der Waals surface area contributed by atoms with Crippen LogP contribution in [0.4, 0.5) is 13.6 Å². The molecule has 5 nitrogen and oxygen atoms in total. The first kappa shape index (κ1) is 15.2. The van der Waals surface area contributed by atoms with Gasteiger partial charge in [-0.25, -0.2) is 13.6 Å². The number of hydrogen-bond donors (Lipinski definition) is 3. The van der Waals surface area contributed by atoms with Crippen LogP contribution in [0.25, 0.3) is 0 Å². The lowest BCUT2D eigenvalue weighted by molar-refractivity contribution is -0.153. The summed E-state index contributed by atoms with van der Waals surface area (Å²) in [5, 5.41) is 13.9. The molecule has 0 heterocycles. The van der Waals surface area contributed by atoms with E-state index >= 15 is 0 Å². The normalized spacial score (nSPS) is 15.9. The van der Waals surface area contributed by atoms with Crippen LogP contribution in [0.15, 0.2) is 18.2 Å². The summed E-state index contributed by atoms with van der Waals surface area (Å²) in [6.45, 7) is -0.144. The molecule has 21 heavy (non-hydrogen) atoms. The monoisotopic (exact) mass is 298 g/mol. The molecule has 0 radical (unpaired) electrons. The summed E-state index contributed by atoms with van der Waals surface area (Å²) in [6, 6.07) is 2.37. The highest BCUT2D eigenvalue weighted by molar-refractivity contribution is 5.78. The Hall–Kier alpha value is -2.18. The lowest BCUT2D eigenvalue weighted by atomic mass is 9.69. The molecule has 7 heteroatoms. The van der Waals surface area contributed by atoms with E-state index in [0.29, 0.717) is 12.8 Å². The Kier molecular flexibility index (Phi) is 4.40. The van der Waals surface area contributed by atoms with Gasteiger partial charge in [-0.1, -0.05) is 6.42 Å². The summed E-state index contributed by atoms with van der Waals surface area (Å²) in [4.78, 5) is 22.7. The van der Waals surface area contributed by atoms with Gasteiger partial charge >= 0.3 is 12.0 Å². The maximum absolute atomic E-state index is 13.3. The van der Waals surface area contributed by atoms with Crippen molar-refractivity contribution in [2.24, 2.45) is 5.41 Å². The van der Waals surface area contributed by atoms with E-state index in [4.69, 9.17) is 5.11 Å². The van der Waals surface area contributed by atoms with Crippen LogP contribution < -0.4 is 10.6 Å². The lowest BCUT2D eigenvalue weighted by Crippen LogP contribution is -2.49. The average molecular weight is 298 g/mol. The lowest BCUT2D eigenvalue weighted by Gasteiger charge is -2.37. The number of benzene rings is 1. The molecular weight excluding hydrogens is 282 g/mol. The van der Waals surface area contributed by atoms with E-state index in [-0.39, 0.29) is 18.7 Å². The first-order valence-electron chi connectivity index (χ1n) is 6.62. The minimum Gasteiger partial charge on any atom is -0.481 e. The van der Waals surface area contributed by atoms with Gasteiger partial charge in [-0.05, 0) is 31.0 Å². The molecule has 2 amide bonds. The van der Waals surface area contributed by atoms with Gasteiger partial charge in [0.15, 0.2) is 0 Å². The fourth-order valence-corrected chi connectivity index (χ4v) is 2.24. The maximum Gasteiger partial charge on any atom is 0.315 e. The summed E-state index contributed by atoms with van der Waals surface area (Å²) in [7, 11) is 0. The van der Waals surface area contributed by atoms with E-state index < -0.39 is 29.0 Å². The first-order chi connectivity index (χ1) is 9.93. The summed E-state index contributed by atoms with van der Waals surface area (Å²) in [6.07, 6.45) is 1.88. The molecule has 0 unspecified atom stereocenters. The molecule has 1 saturated carbocycles. The Morgan fingerprint density at radius 3 is 2.52 bits per heavy atom. The first-order valence-corrected chi connectivity index (χ1v) is 6.62. The second-order valence-electron chi connectivity index (χ2n) is 5.21. The number of urea groups is 1. The van der Waals surface area contributed by atoms with E-state index in [1.807, 2.05) is 0 Å². The maximum atomic E-state index is 13.3. The third-order valence-electron chi connectivity index (χ3n) is 3.80. The molecule has 0 bridgehead atoms. The molecule has 0 spiro atoms. The number of hydrogen-bond acceptors (Lipinski definition) is 2. The quantitative estimate of drug-likeness (QED) is 0.778. The van der Waals surface area contributed by atoms with Gasteiger partial charge in [0, 0.05) is 18.7 Å². The van der Waals surface area contributed by atoms with Gasteiger partial charge in [0.1, 0.15) is 11.6 Å². The predicted molar refractivity (Wildman–Crippen MR) is 70.5 cm³/mol. The minimum atomic E-state index is -0.926. The number of carbonyl (C=O) groups is 2. The van der Waals surface area contributed by atoms with E-state index in [0.717, 1.165) is 24.6 Å². The average Bonchev–Trinajstić information content (AvgIpc) is 2.38. The molecule has 1 aromatic rings. The third kappa shape index (κ3) is 3.48. The summed E-state index contributed by atoms with van der Waals surface area (Å²) in [5.74, 6) is -2.13. The molecule has 0 aromatic heterocycles. The van der Waals surface area contributed by atoms with Crippen LogP contribution >= 0.6 is 0 Å². The minimum absolute atomic E-state index is 0.0276. The van der Waals surface area contributed by atoms with Gasteiger partial charge in [0.05, 0.1) is 5.41 Å². The molecule has 0 saturated heterocycles. The van der Waals surface area contributed by atoms with Crippen LogP contribution in [-0.4, -0.2) is 23.7 Å². The van der Waals surface area contributed by atoms with Crippen LogP contribution in [0, 0.1) is 17.0 Å². The largest absolute Gasteiger partial charge is 0.481 e. The summed E-state index contributed by atoms with van der Waals surface area (Å²) < 4.78 is 26.3. The van der Waals surface area contributed by atoms with E-state index in [1.54, 1.807) is 0 Å². The predicted octanol–water partition coefficient (Wildman–Crippen LogP) is 2.02. The molecule has 0 aliphatic heterocycles. The number of halogens is 2. The highest BCUT2D eigenvalue weighted by atomic mass is 19.1. The fraction of sp³-hybridized carbons (Fsp3) is 0.429. The number of nitrogens with one attached hydrogen (secondary N) is 2. The van der Waals surface area contributed by atoms with Crippen molar-refractivity contribution in [2.45, 2.75) is 25.8 Å². The number of aliphatic carboxylic acids is 1. The highest BCUT2D eigenvalue weighted by Crippen LogP contribution is 2.40. The van der Waals surface area contributed by atoms with Crippen LogP contribution in [0.3, 0.4) is 0 Å². The molecule has 1 aromatic carbocycles. The van der Waals surface area contributed by atoms with Crippen molar-refractivity contribution in [1.82, 2.24) is 10.6 Å². The Labute approximate surface area is 120 Å². The van der Waals surface area contributed by atoms with Crippen molar-refractivity contribution in [3.63, 3.8) is 0 Å². The van der Waals surface area contributed by atoms with Crippen molar-refractivity contribution in [3.8, 4) is 0 Å². The van der Waals surface area contributed by atoms with Crippen LogP contribution in [0.2, 0.25) is 0 Å². The zero-order valence-corrected chi connectivity index (χ0v) is 11.3. The van der Waals surface area contributed by atoms with Gasteiger partial charge in [-0.15, -0.1) is 0 Å². The SMILES string of the molecule is O=C(NCc1cc(F)ccc1F)NCC1(C(=O)O)CCC1. The Morgan fingerprint density at radius 2 is 1.95 bits per heavy atom. The van der Waals surface area contributed by atoms with Gasteiger partial charge in [0.25, 0.3) is 0 Å². The number of amides is 2. The Balaban J connectivity index is 1.82. The molecule has 2 rings (SSSR count). The van der Waals surface area contributed by atoms with Crippen LogP contribution in [0.1, 0.15) is 24.8 Å². The number of carboxylic acids is 1. The zero-order chi connectivity index (χ0) is 15.5. The number of carboxylic acid groups (broad SMARTS) is 1. The Morgan fingerprint density at radius 1 is 1.24 bits per heavy atom. The second-order valence-corrected chi connectivity index (χ2v) is 5.21. The molecule has 114 valence electrons. The number of rotatable bonds is 5. The summed E-state index contributed by atoms with van der Waals surface area (Å²) >= 11 is 0. The van der Waals surface area contributed by atoms with Gasteiger partial charge in [-0.3, -0.25) is 4.79 Å². The van der Waals surface area contributed by atoms with Gasteiger partial charge in [-0.2, -0.15) is 0 Å². The van der Waals surface area contributed by atoms with Crippen molar-refractivity contribution in [2.75, 3.05) is 6.54 Å². The van der Waals surface area contributed by atoms with Crippen molar-refractivity contribution < 1.29 is 23.5 Å². The molecule has 3 N–H and O–H groups in total. The molecule has 1 aliphatic carbocycles.